The van der Waals surface area contributed by atoms with Gasteiger partial charge in [-0.3, -0.25) is 9.69 Å². The Labute approximate surface area is 269 Å². The second-order valence-corrected chi connectivity index (χ2v) is 11.3. The molecule has 1 fully saturated rings. The smallest absolute Gasteiger partial charge is 0.493 e. The molecule has 0 radical (unpaired) electrons. The van der Waals surface area contributed by atoms with Crippen molar-refractivity contribution in [3.8, 4) is 28.7 Å². The Morgan fingerprint density at radius 1 is 0.935 bits per heavy atom. The highest BCUT2D eigenvalue weighted by Crippen LogP contribution is 2.49. The summed E-state index contributed by atoms with van der Waals surface area (Å²) in [6.45, 7) is 6.99. The van der Waals surface area contributed by atoms with Crippen molar-refractivity contribution < 1.29 is 43.1 Å². The molecule has 1 amide bonds. The zero-order valence-corrected chi connectivity index (χ0v) is 27.0. The highest BCUT2D eigenvalue weighted by atomic mass is 16.7. The maximum absolute atomic E-state index is 13.8. The molecule has 246 valence electrons. The minimum Gasteiger partial charge on any atom is -0.493 e. The van der Waals surface area contributed by atoms with Gasteiger partial charge in [0.25, 0.3) is 0 Å². The van der Waals surface area contributed by atoms with E-state index in [4.69, 9.17) is 28.4 Å². The molecule has 3 aromatic rings. The zero-order chi connectivity index (χ0) is 32.8. The number of hydrogen-bond acceptors (Lipinski definition) is 9. The van der Waals surface area contributed by atoms with E-state index in [0.29, 0.717) is 41.9 Å². The van der Waals surface area contributed by atoms with Crippen molar-refractivity contribution in [1.29, 1.82) is 0 Å². The molecule has 2 aliphatic rings. The van der Waals surface area contributed by atoms with E-state index in [0.717, 1.165) is 47.2 Å². The summed E-state index contributed by atoms with van der Waals surface area (Å²) < 4.78 is 34.1. The Balaban J connectivity index is 1.56. The molecule has 46 heavy (non-hydrogen) atoms. The molecule has 0 saturated carbocycles. The van der Waals surface area contributed by atoms with Crippen LogP contribution in [-0.2, 0) is 22.4 Å². The molecule has 11 nitrogen and oxygen atoms in total. The van der Waals surface area contributed by atoms with Crippen LogP contribution in [0.3, 0.4) is 0 Å². The van der Waals surface area contributed by atoms with Crippen LogP contribution in [0.1, 0.15) is 61.4 Å². The number of nitrogens with one attached hydrogen (secondary N) is 1. The highest BCUT2D eigenvalue weighted by Gasteiger charge is 2.47. The van der Waals surface area contributed by atoms with E-state index >= 15 is 0 Å². The number of carbonyl (C=O) groups excluding carboxylic acids is 1. The molecule has 2 heterocycles. The number of ether oxygens (including phenoxy) is 6. The highest BCUT2D eigenvalue weighted by molar-refractivity contribution is 5.94. The Kier molecular flexibility index (Phi) is 10.4. The summed E-state index contributed by atoms with van der Waals surface area (Å²) >= 11 is 0. The molecule has 5 rings (SSSR count). The van der Waals surface area contributed by atoms with E-state index < -0.39 is 24.2 Å². The Morgan fingerprint density at radius 3 is 2.30 bits per heavy atom. The van der Waals surface area contributed by atoms with Crippen molar-refractivity contribution in [2.24, 2.45) is 0 Å². The van der Waals surface area contributed by atoms with Crippen LogP contribution in [-0.4, -0.2) is 68.9 Å². The number of methoxy groups -OCH3 is 2. The number of aryl methyl sites for hydroxylation is 2. The summed E-state index contributed by atoms with van der Waals surface area (Å²) in [6, 6.07) is 14.5. The third-order valence-electron chi connectivity index (χ3n) is 8.48. The van der Waals surface area contributed by atoms with Crippen molar-refractivity contribution >= 4 is 17.7 Å². The Bertz CT molecular complexity index is 1540. The van der Waals surface area contributed by atoms with Crippen LogP contribution in [0.15, 0.2) is 48.5 Å². The number of para-hydroxylation sites is 1. The van der Waals surface area contributed by atoms with Gasteiger partial charge in [0, 0.05) is 18.2 Å². The lowest BCUT2D eigenvalue weighted by Gasteiger charge is -2.28. The second-order valence-electron chi connectivity index (χ2n) is 11.3. The number of carbonyl (C=O) groups is 2. The van der Waals surface area contributed by atoms with Crippen LogP contribution in [0, 0.1) is 0 Å². The monoisotopic (exact) mass is 634 g/mol. The lowest BCUT2D eigenvalue weighted by Crippen LogP contribution is -2.36. The third kappa shape index (κ3) is 6.79. The largest absolute Gasteiger partial charge is 0.506 e. The average molecular weight is 635 g/mol. The van der Waals surface area contributed by atoms with Gasteiger partial charge in [-0.2, -0.15) is 0 Å². The fraction of sp³-hybridized carbons (Fsp3) is 0.429. The van der Waals surface area contributed by atoms with Crippen LogP contribution >= 0.6 is 0 Å². The number of benzene rings is 3. The van der Waals surface area contributed by atoms with Crippen molar-refractivity contribution in [2.45, 2.75) is 58.1 Å². The van der Waals surface area contributed by atoms with Gasteiger partial charge in [-0.05, 0) is 65.8 Å². The van der Waals surface area contributed by atoms with Crippen molar-refractivity contribution in [2.75, 3.05) is 46.0 Å². The molecule has 2 aliphatic heterocycles. The summed E-state index contributed by atoms with van der Waals surface area (Å²) in [7, 11) is 3.09. The number of nitrogens with zero attached hydrogens (tertiary/aromatic N) is 1. The quantitative estimate of drug-likeness (QED) is 0.210. The molecule has 0 unspecified atom stereocenters. The maximum atomic E-state index is 13.8. The molecule has 0 aromatic heterocycles. The predicted octanol–water partition coefficient (Wildman–Crippen LogP) is 6.19. The topological polar surface area (TPSA) is 125 Å². The second kappa shape index (κ2) is 14.6. The van der Waals surface area contributed by atoms with E-state index in [1.165, 1.54) is 7.11 Å². The summed E-state index contributed by atoms with van der Waals surface area (Å²) in [5.41, 5.74) is 4.38. The van der Waals surface area contributed by atoms with Crippen LogP contribution in [0.25, 0.3) is 0 Å². The number of carboxylic acid groups (broad SMARTS) is 1. The number of fused-ring (bicyclic) bond motifs is 1. The van der Waals surface area contributed by atoms with Gasteiger partial charge in [0.1, 0.15) is 6.10 Å². The number of rotatable bonds is 13. The minimum absolute atomic E-state index is 0.0140. The molecule has 3 aromatic carbocycles. The summed E-state index contributed by atoms with van der Waals surface area (Å²) in [5.74, 6) is 1.84. The maximum Gasteiger partial charge on any atom is 0.506 e. The van der Waals surface area contributed by atoms with E-state index in [-0.39, 0.29) is 19.2 Å². The number of likely N-dealkylation sites (tertiary alicyclic amines) is 1. The zero-order valence-electron chi connectivity index (χ0n) is 27.0. The fourth-order valence-corrected chi connectivity index (χ4v) is 6.35. The van der Waals surface area contributed by atoms with Crippen LogP contribution in [0.5, 0.6) is 28.7 Å². The van der Waals surface area contributed by atoms with Crippen LogP contribution in [0.4, 0.5) is 10.5 Å². The van der Waals surface area contributed by atoms with Gasteiger partial charge in [0.15, 0.2) is 23.0 Å². The number of hydrogen-bond donors (Lipinski definition) is 2. The fourth-order valence-electron chi connectivity index (χ4n) is 6.35. The average Bonchev–Trinajstić information content (AvgIpc) is 3.67. The van der Waals surface area contributed by atoms with Crippen LogP contribution in [0.2, 0.25) is 0 Å². The van der Waals surface area contributed by atoms with Gasteiger partial charge in [-0.1, -0.05) is 45.0 Å². The van der Waals surface area contributed by atoms with E-state index in [9.17, 15) is 14.7 Å². The summed E-state index contributed by atoms with van der Waals surface area (Å²) in [5, 5.41) is 13.1. The minimum atomic E-state index is -1.42. The molecule has 0 spiro atoms. The van der Waals surface area contributed by atoms with Gasteiger partial charge >= 0.3 is 6.16 Å². The SMILES string of the molecule is CCCOc1ccc([C@@H]2[C@@H](OC(=O)O)[C@@H](c3cc(OC)c4c(c3)OCO4)CN2CC(=O)Nc2c(CC)cccc2CC)cc1OC. The Hall–Kier alpha value is -4.64. The molecule has 1 saturated heterocycles. The van der Waals surface area contributed by atoms with Gasteiger partial charge in [-0.15, -0.1) is 0 Å². The van der Waals surface area contributed by atoms with Gasteiger partial charge in [-0.25, -0.2) is 4.79 Å². The molecule has 11 heteroatoms. The lowest BCUT2D eigenvalue weighted by atomic mass is 9.90. The lowest BCUT2D eigenvalue weighted by molar-refractivity contribution is -0.117. The first-order valence-electron chi connectivity index (χ1n) is 15.6. The predicted molar refractivity (Wildman–Crippen MR) is 172 cm³/mol. The third-order valence-corrected chi connectivity index (χ3v) is 8.48. The number of amides is 1. The molecular formula is C35H42N2O9. The number of anilines is 1. The molecule has 3 atom stereocenters. The molecular weight excluding hydrogens is 592 g/mol. The molecule has 0 bridgehead atoms. The van der Waals surface area contributed by atoms with Gasteiger partial charge < -0.3 is 38.8 Å². The Morgan fingerprint density at radius 2 is 1.65 bits per heavy atom. The van der Waals surface area contributed by atoms with Crippen molar-refractivity contribution in [3.63, 3.8) is 0 Å². The first-order valence-corrected chi connectivity index (χ1v) is 15.6. The van der Waals surface area contributed by atoms with Crippen molar-refractivity contribution in [1.82, 2.24) is 4.90 Å². The van der Waals surface area contributed by atoms with E-state index in [1.54, 1.807) is 7.11 Å². The van der Waals surface area contributed by atoms with Gasteiger partial charge in [0.05, 0.1) is 33.4 Å². The van der Waals surface area contributed by atoms with E-state index in [2.05, 4.69) is 19.2 Å². The molecule has 0 aliphatic carbocycles. The summed E-state index contributed by atoms with van der Waals surface area (Å²) in [4.78, 5) is 27.9. The normalized spacial score (nSPS) is 18.7. The first kappa shape index (κ1) is 32.7. The van der Waals surface area contributed by atoms with Gasteiger partial charge in [0.2, 0.25) is 18.4 Å². The standard InChI is InChI=1S/C35H42N2O9/c1-6-14-43-26-13-12-23(15-27(26)41-4)32-33(46-35(39)40)25(24-16-28(42-5)34-29(17-24)44-20-45-34)18-37(32)19-30(38)36-31-21(7-2)10-9-11-22(31)8-3/h9-13,15-17,25,32-33H,6-8,14,18-20H2,1-5H3,(H,36,38)(H,39,40)/t25-,32-,33+/m1/s1. The van der Waals surface area contributed by atoms with Crippen molar-refractivity contribution in [3.05, 3.63) is 70.8 Å². The van der Waals surface area contributed by atoms with Crippen LogP contribution < -0.4 is 29.0 Å². The van der Waals surface area contributed by atoms with E-state index in [1.807, 2.05) is 60.4 Å². The summed E-state index contributed by atoms with van der Waals surface area (Å²) in [6.07, 6.45) is 0.0526. The molecule has 2 N–H and O–H groups in total. The first-order chi connectivity index (χ1) is 22.3.